The lowest BCUT2D eigenvalue weighted by Gasteiger charge is -2.07. The molecule has 0 radical (unpaired) electrons. The highest BCUT2D eigenvalue weighted by Crippen LogP contribution is 2.30. The first-order valence-corrected chi connectivity index (χ1v) is 7.56. The van der Waals surface area contributed by atoms with Gasteiger partial charge in [0.15, 0.2) is 0 Å². The first-order valence-electron chi connectivity index (χ1n) is 7.56. The second-order valence-corrected chi connectivity index (χ2v) is 5.55. The first kappa shape index (κ1) is 14.5. The third-order valence-corrected chi connectivity index (χ3v) is 4.17. The highest BCUT2D eigenvalue weighted by Gasteiger charge is 2.17. The van der Waals surface area contributed by atoms with Crippen LogP contribution in [-0.2, 0) is 0 Å². The van der Waals surface area contributed by atoms with Crippen LogP contribution in [-0.4, -0.2) is 17.6 Å². The highest BCUT2D eigenvalue weighted by atomic mass is 19.1. The van der Waals surface area contributed by atoms with Gasteiger partial charge in [-0.2, -0.15) is 0 Å². The average Bonchev–Trinajstić information content (AvgIpc) is 2.95. The number of halogens is 1. The van der Waals surface area contributed by atoms with Crippen LogP contribution in [0.2, 0.25) is 0 Å². The maximum absolute atomic E-state index is 13.7. The van der Waals surface area contributed by atoms with Crippen LogP contribution in [0.15, 0.2) is 66.7 Å². The number of fused-ring (bicyclic) bond motifs is 3. The molecule has 0 aliphatic heterocycles. The maximum atomic E-state index is 13.7. The molecule has 3 nitrogen and oxygen atoms in total. The van der Waals surface area contributed by atoms with E-state index in [2.05, 4.69) is 0 Å². The molecule has 0 spiro atoms. The summed E-state index contributed by atoms with van der Waals surface area (Å²) in [7, 11) is 1.58. The third-order valence-electron chi connectivity index (χ3n) is 4.17. The fourth-order valence-corrected chi connectivity index (χ4v) is 3.03. The molecule has 0 N–H and O–H groups in total. The summed E-state index contributed by atoms with van der Waals surface area (Å²) in [5, 5.41) is 1.58. The van der Waals surface area contributed by atoms with E-state index in [1.54, 1.807) is 42.0 Å². The summed E-state index contributed by atoms with van der Waals surface area (Å²) in [6, 6.07) is 19.0. The first-order chi connectivity index (χ1) is 11.7. The predicted octanol–water partition coefficient (Wildman–Crippen LogP) is 4.63. The molecule has 0 amide bonds. The van der Waals surface area contributed by atoms with E-state index in [4.69, 9.17) is 4.74 Å². The van der Waals surface area contributed by atoms with E-state index in [0.717, 1.165) is 16.3 Å². The van der Waals surface area contributed by atoms with Gasteiger partial charge in [-0.25, -0.2) is 4.39 Å². The standard InChI is InChI=1S/C20H14FNO2/c1-24-15-9-6-13(7-10-15)20(23)22-18-5-3-2-4-16(18)17-12-14(21)8-11-19(17)22/h2-12H,1H3. The van der Waals surface area contributed by atoms with E-state index in [0.29, 0.717) is 16.8 Å². The minimum atomic E-state index is -0.317. The lowest BCUT2D eigenvalue weighted by molar-refractivity contribution is 0.0969. The van der Waals surface area contributed by atoms with Crippen LogP contribution in [0.1, 0.15) is 10.4 Å². The van der Waals surface area contributed by atoms with Crippen LogP contribution < -0.4 is 4.74 Å². The van der Waals surface area contributed by atoms with Crippen molar-refractivity contribution in [3.8, 4) is 5.75 Å². The van der Waals surface area contributed by atoms with Gasteiger partial charge in [0.05, 0.1) is 18.1 Å². The molecule has 0 aliphatic rings. The molecular formula is C20H14FNO2. The molecule has 3 aromatic carbocycles. The molecule has 4 heteroatoms. The van der Waals surface area contributed by atoms with Gasteiger partial charge in [-0.05, 0) is 48.5 Å². The van der Waals surface area contributed by atoms with Gasteiger partial charge in [-0.3, -0.25) is 9.36 Å². The number of ether oxygens (including phenoxy) is 1. The second kappa shape index (κ2) is 5.49. The van der Waals surface area contributed by atoms with Crippen molar-refractivity contribution in [1.29, 1.82) is 0 Å². The summed E-state index contributed by atoms with van der Waals surface area (Å²) in [4.78, 5) is 13.0. The third kappa shape index (κ3) is 2.15. The lowest BCUT2D eigenvalue weighted by Crippen LogP contribution is -2.11. The zero-order valence-electron chi connectivity index (χ0n) is 13.0. The Morgan fingerprint density at radius 3 is 2.38 bits per heavy atom. The molecule has 24 heavy (non-hydrogen) atoms. The number of para-hydroxylation sites is 1. The summed E-state index contributed by atoms with van der Waals surface area (Å²) in [5.74, 6) is 0.216. The summed E-state index contributed by atoms with van der Waals surface area (Å²) in [6.45, 7) is 0. The molecule has 0 atom stereocenters. The van der Waals surface area contributed by atoms with Gasteiger partial charge in [0.1, 0.15) is 11.6 Å². The normalized spacial score (nSPS) is 11.1. The zero-order chi connectivity index (χ0) is 16.7. The number of hydrogen-bond donors (Lipinski definition) is 0. The van der Waals surface area contributed by atoms with E-state index < -0.39 is 0 Å². The number of rotatable bonds is 2. The van der Waals surface area contributed by atoms with Crippen molar-refractivity contribution in [3.05, 3.63) is 78.1 Å². The SMILES string of the molecule is COc1ccc(C(=O)n2c3ccccc3c3cc(F)ccc32)cc1. The fraction of sp³-hybridized carbons (Fsp3) is 0.0500. The molecule has 4 aromatic rings. The summed E-state index contributed by atoms with van der Waals surface area (Å²) < 4.78 is 20.4. The van der Waals surface area contributed by atoms with Gasteiger partial charge in [-0.1, -0.05) is 18.2 Å². The molecule has 0 aliphatic carbocycles. The monoisotopic (exact) mass is 319 g/mol. The number of carbonyl (C=O) groups is 1. The van der Waals surface area contributed by atoms with Crippen LogP contribution in [0.4, 0.5) is 4.39 Å². The molecule has 118 valence electrons. The number of carbonyl (C=O) groups excluding carboxylic acids is 1. The Bertz CT molecular complexity index is 1060. The molecule has 1 aromatic heterocycles. The zero-order valence-corrected chi connectivity index (χ0v) is 13.0. The van der Waals surface area contributed by atoms with E-state index in [9.17, 15) is 9.18 Å². The van der Waals surface area contributed by atoms with Crippen LogP contribution >= 0.6 is 0 Å². The highest BCUT2D eigenvalue weighted by molar-refractivity contribution is 6.16. The molecule has 4 rings (SSSR count). The van der Waals surface area contributed by atoms with Crippen LogP contribution in [0.5, 0.6) is 5.75 Å². The number of methoxy groups -OCH3 is 1. The minimum absolute atomic E-state index is 0.157. The van der Waals surface area contributed by atoms with E-state index in [1.807, 2.05) is 24.3 Å². The quantitative estimate of drug-likeness (QED) is 0.539. The molecule has 0 unspecified atom stereocenters. The second-order valence-electron chi connectivity index (χ2n) is 5.55. The van der Waals surface area contributed by atoms with Gasteiger partial charge in [0.2, 0.25) is 0 Å². The maximum Gasteiger partial charge on any atom is 0.262 e. The Hall–Kier alpha value is -3.14. The number of benzene rings is 3. The molecule has 0 saturated carbocycles. The molecular weight excluding hydrogens is 305 g/mol. The van der Waals surface area contributed by atoms with Crippen molar-refractivity contribution in [2.45, 2.75) is 0 Å². The Balaban J connectivity index is 1.98. The van der Waals surface area contributed by atoms with Crippen molar-refractivity contribution in [1.82, 2.24) is 4.57 Å². The fourth-order valence-electron chi connectivity index (χ4n) is 3.03. The van der Waals surface area contributed by atoms with Gasteiger partial charge < -0.3 is 4.74 Å². The van der Waals surface area contributed by atoms with E-state index in [-0.39, 0.29) is 11.7 Å². The number of aromatic nitrogens is 1. The van der Waals surface area contributed by atoms with Crippen LogP contribution in [0.3, 0.4) is 0 Å². The van der Waals surface area contributed by atoms with Crippen LogP contribution in [0.25, 0.3) is 21.8 Å². The molecule has 0 fully saturated rings. The van der Waals surface area contributed by atoms with Gasteiger partial charge in [0, 0.05) is 16.3 Å². The predicted molar refractivity (Wildman–Crippen MR) is 92.1 cm³/mol. The van der Waals surface area contributed by atoms with E-state index in [1.165, 1.54) is 12.1 Å². The Morgan fingerprint density at radius 2 is 1.62 bits per heavy atom. The van der Waals surface area contributed by atoms with Crippen LogP contribution in [0, 0.1) is 5.82 Å². The molecule has 0 bridgehead atoms. The van der Waals surface area contributed by atoms with Crippen molar-refractivity contribution < 1.29 is 13.9 Å². The van der Waals surface area contributed by atoms with Crippen molar-refractivity contribution in [2.75, 3.05) is 7.11 Å². The Labute approximate surface area is 137 Å². The Kier molecular flexibility index (Phi) is 3.31. The topological polar surface area (TPSA) is 31.2 Å². The lowest BCUT2D eigenvalue weighted by atomic mass is 10.1. The van der Waals surface area contributed by atoms with Gasteiger partial charge >= 0.3 is 0 Å². The average molecular weight is 319 g/mol. The molecule has 1 heterocycles. The van der Waals surface area contributed by atoms with Crippen molar-refractivity contribution >= 4 is 27.7 Å². The summed E-state index contributed by atoms with van der Waals surface area (Å²) >= 11 is 0. The number of nitrogens with zero attached hydrogens (tertiary/aromatic N) is 1. The van der Waals surface area contributed by atoms with Gasteiger partial charge in [-0.15, -0.1) is 0 Å². The number of hydrogen-bond acceptors (Lipinski definition) is 2. The Morgan fingerprint density at radius 1 is 0.917 bits per heavy atom. The van der Waals surface area contributed by atoms with Crippen molar-refractivity contribution in [2.24, 2.45) is 0 Å². The summed E-state index contributed by atoms with van der Waals surface area (Å²) in [5.41, 5.74) is 2.00. The molecule has 0 saturated heterocycles. The largest absolute Gasteiger partial charge is 0.497 e. The van der Waals surface area contributed by atoms with E-state index >= 15 is 0 Å². The smallest absolute Gasteiger partial charge is 0.262 e. The summed E-state index contributed by atoms with van der Waals surface area (Å²) in [6.07, 6.45) is 0. The van der Waals surface area contributed by atoms with Gasteiger partial charge in [0.25, 0.3) is 5.91 Å². The van der Waals surface area contributed by atoms with Crippen molar-refractivity contribution in [3.63, 3.8) is 0 Å². The minimum Gasteiger partial charge on any atom is -0.497 e.